The first-order valence-electron chi connectivity index (χ1n) is 7.29. The highest BCUT2D eigenvalue weighted by Crippen LogP contribution is 2.08. The molecule has 1 amide bonds. The number of rotatable bonds is 5. The number of hydrogen-bond donors (Lipinski definition) is 0. The van der Waals surface area contributed by atoms with Crippen LogP contribution in [0.4, 0.5) is 0 Å². The van der Waals surface area contributed by atoms with Crippen molar-refractivity contribution in [1.29, 1.82) is 0 Å². The zero-order chi connectivity index (χ0) is 17.2. The van der Waals surface area contributed by atoms with Crippen LogP contribution >= 0.6 is 0 Å². The molecular formula is C13H17N5O5S. The summed E-state index contributed by atoms with van der Waals surface area (Å²) in [6.45, 7) is 1.07. The molecule has 3 rings (SSSR count). The molecule has 1 aliphatic heterocycles. The Labute approximate surface area is 138 Å². The van der Waals surface area contributed by atoms with E-state index >= 15 is 0 Å². The van der Waals surface area contributed by atoms with E-state index in [9.17, 15) is 13.2 Å². The Hall–Kier alpha value is -2.27. The van der Waals surface area contributed by atoms with Crippen molar-refractivity contribution in [3.8, 4) is 0 Å². The van der Waals surface area contributed by atoms with Gasteiger partial charge in [0.15, 0.2) is 9.84 Å². The van der Waals surface area contributed by atoms with Crippen LogP contribution in [0.1, 0.15) is 0 Å². The summed E-state index contributed by atoms with van der Waals surface area (Å²) in [6.07, 6.45) is 2.26. The van der Waals surface area contributed by atoms with Crippen LogP contribution in [0.3, 0.4) is 0 Å². The van der Waals surface area contributed by atoms with Gasteiger partial charge in [-0.05, 0) is 17.3 Å². The zero-order valence-corrected chi connectivity index (χ0v) is 13.8. The largest absolute Gasteiger partial charge is 0.391 e. The van der Waals surface area contributed by atoms with Crippen LogP contribution in [-0.2, 0) is 19.4 Å². The zero-order valence-electron chi connectivity index (χ0n) is 13.0. The number of sulfone groups is 1. The Kier molecular flexibility index (Phi) is 4.62. The SMILES string of the molecule is CS(=O)(=O)CC(=O)N1CCOC(COn2nnc3cccnc32)C1. The number of hydrogen-bond acceptors (Lipinski definition) is 8. The normalized spacial score (nSPS) is 18.7. The fourth-order valence-corrected chi connectivity index (χ4v) is 2.98. The van der Waals surface area contributed by atoms with Crippen LogP contribution in [0.2, 0.25) is 0 Å². The molecule has 0 radical (unpaired) electrons. The lowest BCUT2D eigenvalue weighted by atomic mass is 10.3. The van der Waals surface area contributed by atoms with Gasteiger partial charge in [0.25, 0.3) is 0 Å². The summed E-state index contributed by atoms with van der Waals surface area (Å²) < 4.78 is 28.0. The number of ether oxygens (including phenoxy) is 1. The lowest BCUT2D eigenvalue weighted by Crippen LogP contribution is -2.49. The van der Waals surface area contributed by atoms with Crippen LogP contribution in [0.25, 0.3) is 11.2 Å². The standard InChI is InChI=1S/C13H17N5O5S/c1-24(20,21)9-12(19)17-5-6-22-10(7-17)8-23-18-13-11(15-16-18)3-2-4-14-13/h2-4,10H,5-9H2,1H3. The van der Waals surface area contributed by atoms with Gasteiger partial charge in [-0.25, -0.2) is 13.4 Å². The summed E-state index contributed by atoms with van der Waals surface area (Å²) in [6, 6.07) is 3.51. The number of pyridine rings is 1. The quantitative estimate of drug-likeness (QED) is 0.638. The number of amides is 1. The van der Waals surface area contributed by atoms with Gasteiger partial charge in [0.05, 0.1) is 13.2 Å². The number of nitrogens with zero attached hydrogens (tertiary/aromatic N) is 5. The van der Waals surface area contributed by atoms with Crippen LogP contribution < -0.4 is 4.84 Å². The second-order valence-corrected chi connectivity index (χ2v) is 7.65. The first-order valence-corrected chi connectivity index (χ1v) is 9.35. The molecule has 1 saturated heterocycles. The number of morpholine rings is 1. The molecule has 0 aromatic carbocycles. The molecule has 0 bridgehead atoms. The molecule has 11 heteroatoms. The number of carbonyl (C=O) groups excluding carboxylic acids is 1. The molecule has 1 unspecified atom stereocenters. The van der Waals surface area contributed by atoms with E-state index in [-0.39, 0.29) is 19.3 Å². The molecule has 2 aromatic heterocycles. The van der Waals surface area contributed by atoms with Crippen LogP contribution in [0, 0.1) is 0 Å². The summed E-state index contributed by atoms with van der Waals surface area (Å²) in [5.41, 5.74) is 1.09. The molecule has 24 heavy (non-hydrogen) atoms. The monoisotopic (exact) mass is 355 g/mol. The fraction of sp³-hybridized carbons (Fsp3) is 0.538. The van der Waals surface area contributed by atoms with Gasteiger partial charge in [-0.15, -0.1) is 5.10 Å². The first kappa shape index (κ1) is 16.6. The van der Waals surface area contributed by atoms with Gasteiger partial charge < -0.3 is 14.5 Å². The van der Waals surface area contributed by atoms with Crippen molar-refractivity contribution in [3.05, 3.63) is 18.3 Å². The van der Waals surface area contributed by atoms with E-state index in [1.807, 2.05) is 0 Å². The van der Waals surface area contributed by atoms with Gasteiger partial charge in [-0.3, -0.25) is 4.79 Å². The molecular weight excluding hydrogens is 338 g/mol. The number of fused-ring (bicyclic) bond motifs is 1. The van der Waals surface area contributed by atoms with Crippen molar-refractivity contribution in [2.75, 3.05) is 38.3 Å². The first-order chi connectivity index (χ1) is 11.4. The average molecular weight is 355 g/mol. The van der Waals surface area contributed by atoms with Crippen molar-refractivity contribution < 1.29 is 22.8 Å². The second kappa shape index (κ2) is 6.69. The highest BCUT2D eigenvalue weighted by atomic mass is 32.2. The third kappa shape index (κ3) is 3.97. The van der Waals surface area contributed by atoms with E-state index in [0.29, 0.717) is 24.3 Å². The Balaban J connectivity index is 1.58. The summed E-state index contributed by atoms with van der Waals surface area (Å²) in [4.78, 5) is 24.3. The maximum Gasteiger partial charge on any atom is 0.237 e. The van der Waals surface area contributed by atoms with Gasteiger partial charge in [0.1, 0.15) is 24.0 Å². The lowest BCUT2D eigenvalue weighted by molar-refractivity contribution is -0.139. The van der Waals surface area contributed by atoms with Crippen molar-refractivity contribution in [3.63, 3.8) is 0 Å². The van der Waals surface area contributed by atoms with E-state index in [1.165, 1.54) is 9.75 Å². The van der Waals surface area contributed by atoms with Crippen LogP contribution in [-0.4, -0.2) is 83.8 Å². The third-order valence-corrected chi connectivity index (χ3v) is 4.21. The van der Waals surface area contributed by atoms with Crippen LogP contribution in [0.15, 0.2) is 18.3 Å². The van der Waals surface area contributed by atoms with E-state index in [4.69, 9.17) is 9.57 Å². The van der Waals surface area contributed by atoms with E-state index in [2.05, 4.69) is 15.3 Å². The Bertz CT molecular complexity index is 836. The predicted octanol–water partition coefficient (Wildman–Crippen LogP) is -1.47. The van der Waals surface area contributed by atoms with Crippen LogP contribution in [0.5, 0.6) is 0 Å². The highest BCUT2D eigenvalue weighted by Gasteiger charge is 2.27. The fourth-order valence-electron chi connectivity index (χ4n) is 2.35. The highest BCUT2D eigenvalue weighted by molar-refractivity contribution is 7.91. The van der Waals surface area contributed by atoms with Crippen molar-refractivity contribution in [1.82, 2.24) is 25.0 Å². The molecule has 0 aliphatic carbocycles. The second-order valence-electron chi connectivity index (χ2n) is 5.51. The Morgan fingerprint density at radius 1 is 1.50 bits per heavy atom. The molecule has 1 fully saturated rings. The van der Waals surface area contributed by atoms with Crippen molar-refractivity contribution in [2.45, 2.75) is 6.10 Å². The van der Waals surface area contributed by atoms with E-state index in [0.717, 1.165) is 6.26 Å². The number of aromatic nitrogens is 4. The summed E-state index contributed by atoms with van der Waals surface area (Å²) in [5, 5.41) is 7.77. The lowest BCUT2D eigenvalue weighted by Gasteiger charge is -2.32. The van der Waals surface area contributed by atoms with Crippen molar-refractivity contribution in [2.24, 2.45) is 0 Å². The summed E-state index contributed by atoms with van der Waals surface area (Å²) >= 11 is 0. The molecule has 1 aliphatic rings. The Morgan fingerprint density at radius 3 is 3.12 bits per heavy atom. The van der Waals surface area contributed by atoms with Gasteiger partial charge in [-0.2, -0.15) is 0 Å². The maximum atomic E-state index is 12.0. The van der Waals surface area contributed by atoms with Gasteiger partial charge in [0.2, 0.25) is 11.6 Å². The predicted molar refractivity (Wildman–Crippen MR) is 82.8 cm³/mol. The molecule has 1 atom stereocenters. The number of carbonyl (C=O) groups is 1. The van der Waals surface area contributed by atoms with E-state index < -0.39 is 21.5 Å². The van der Waals surface area contributed by atoms with Crippen molar-refractivity contribution >= 4 is 26.9 Å². The Morgan fingerprint density at radius 2 is 2.33 bits per heavy atom. The minimum absolute atomic E-state index is 0.137. The minimum Gasteiger partial charge on any atom is -0.391 e. The smallest absolute Gasteiger partial charge is 0.237 e. The third-order valence-electron chi connectivity index (χ3n) is 3.44. The molecule has 130 valence electrons. The van der Waals surface area contributed by atoms with E-state index in [1.54, 1.807) is 18.3 Å². The molecule has 0 N–H and O–H groups in total. The molecule has 3 heterocycles. The minimum atomic E-state index is -3.36. The summed E-state index contributed by atoms with van der Waals surface area (Å²) in [7, 11) is -3.36. The molecule has 0 spiro atoms. The maximum absolute atomic E-state index is 12.0. The van der Waals surface area contributed by atoms with Gasteiger partial charge in [0, 0.05) is 19.0 Å². The average Bonchev–Trinajstić information content (AvgIpc) is 2.95. The molecule has 0 saturated carbocycles. The van der Waals surface area contributed by atoms with Gasteiger partial charge >= 0.3 is 0 Å². The van der Waals surface area contributed by atoms with Gasteiger partial charge in [-0.1, -0.05) is 4.85 Å². The summed E-state index contributed by atoms with van der Waals surface area (Å²) in [5.74, 6) is -0.934. The molecule has 10 nitrogen and oxygen atoms in total. The topological polar surface area (TPSA) is 117 Å². The molecule has 2 aromatic rings.